The SMILES string of the molecule is COc1c(C=O)ncc(CN)c1OC(F)(F)F. The lowest BCUT2D eigenvalue weighted by Crippen LogP contribution is -2.20. The van der Waals surface area contributed by atoms with Gasteiger partial charge in [0.05, 0.1) is 7.11 Å². The summed E-state index contributed by atoms with van der Waals surface area (Å²) in [6.07, 6.45) is -3.60. The summed E-state index contributed by atoms with van der Waals surface area (Å²) in [5.74, 6) is -1.03. The number of hydrogen-bond donors (Lipinski definition) is 1. The molecule has 0 aromatic carbocycles. The van der Waals surface area contributed by atoms with Gasteiger partial charge < -0.3 is 15.2 Å². The van der Waals surface area contributed by atoms with Gasteiger partial charge in [0.25, 0.3) is 0 Å². The zero-order valence-corrected chi connectivity index (χ0v) is 8.75. The van der Waals surface area contributed by atoms with Crippen LogP contribution in [0.5, 0.6) is 11.5 Å². The van der Waals surface area contributed by atoms with Gasteiger partial charge in [0.2, 0.25) is 0 Å². The van der Waals surface area contributed by atoms with Crippen LogP contribution in [0, 0.1) is 0 Å². The lowest BCUT2D eigenvalue weighted by molar-refractivity contribution is -0.275. The lowest BCUT2D eigenvalue weighted by atomic mass is 10.2. The Bertz CT molecular complexity index is 421. The van der Waals surface area contributed by atoms with Crippen LogP contribution in [0.15, 0.2) is 6.20 Å². The summed E-state index contributed by atoms with van der Waals surface area (Å²) >= 11 is 0. The molecule has 0 amide bonds. The second kappa shape index (κ2) is 5.00. The van der Waals surface area contributed by atoms with Crippen molar-refractivity contribution in [1.29, 1.82) is 0 Å². The number of ether oxygens (including phenoxy) is 2. The normalized spacial score (nSPS) is 11.1. The summed E-state index contributed by atoms with van der Waals surface area (Å²) < 4.78 is 45.0. The summed E-state index contributed by atoms with van der Waals surface area (Å²) in [5, 5.41) is 0. The van der Waals surface area contributed by atoms with Crippen LogP contribution in [0.1, 0.15) is 16.1 Å². The molecule has 94 valence electrons. The van der Waals surface area contributed by atoms with E-state index in [1.807, 2.05) is 0 Å². The number of halogens is 3. The molecular formula is C9H9F3N2O3. The minimum atomic E-state index is -4.90. The molecule has 0 bridgehead atoms. The number of alkyl halides is 3. The number of hydrogen-bond acceptors (Lipinski definition) is 5. The van der Waals surface area contributed by atoms with E-state index in [9.17, 15) is 18.0 Å². The van der Waals surface area contributed by atoms with Gasteiger partial charge in [0.15, 0.2) is 17.8 Å². The molecule has 0 fully saturated rings. The third kappa shape index (κ3) is 3.06. The fourth-order valence-corrected chi connectivity index (χ4v) is 1.18. The summed E-state index contributed by atoms with van der Waals surface area (Å²) in [6.45, 7) is -0.228. The van der Waals surface area contributed by atoms with Crippen molar-refractivity contribution < 1.29 is 27.4 Å². The molecule has 0 saturated heterocycles. The summed E-state index contributed by atoms with van der Waals surface area (Å²) in [7, 11) is 1.10. The summed E-state index contributed by atoms with van der Waals surface area (Å²) in [6, 6.07) is 0. The Morgan fingerprint density at radius 3 is 2.53 bits per heavy atom. The summed E-state index contributed by atoms with van der Waals surface area (Å²) in [4.78, 5) is 14.2. The Morgan fingerprint density at radius 2 is 2.12 bits per heavy atom. The third-order valence-electron chi connectivity index (χ3n) is 1.84. The average molecular weight is 250 g/mol. The first-order valence-electron chi connectivity index (χ1n) is 4.39. The van der Waals surface area contributed by atoms with Crippen LogP contribution in [-0.4, -0.2) is 24.7 Å². The van der Waals surface area contributed by atoms with Crippen LogP contribution >= 0.6 is 0 Å². The highest BCUT2D eigenvalue weighted by atomic mass is 19.4. The number of methoxy groups -OCH3 is 1. The first-order valence-corrected chi connectivity index (χ1v) is 4.39. The zero-order chi connectivity index (χ0) is 13.1. The largest absolute Gasteiger partial charge is 0.573 e. The molecule has 1 aromatic heterocycles. The minimum Gasteiger partial charge on any atom is -0.491 e. The number of nitrogens with zero attached hydrogens (tertiary/aromatic N) is 1. The molecule has 0 spiro atoms. The van der Waals surface area contributed by atoms with Gasteiger partial charge in [-0.15, -0.1) is 13.2 Å². The topological polar surface area (TPSA) is 74.4 Å². The van der Waals surface area contributed by atoms with Crippen molar-refractivity contribution in [2.24, 2.45) is 5.73 Å². The molecule has 2 N–H and O–H groups in total. The molecular weight excluding hydrogens is 241 g/mol. The van der Waals surface area contributed by atoms with Crippen LogP contribution in [0.25, 0.3) is 0 Å². The van der Waals surface area contributed by atoms with E-state index in [0.29, 0.717) is 0 Å². The van der Waals surface area contributed by atoms with Crippen LogP contribution in [-0.2, 0) is 6.54 Å². The van der Waals surface area contributed by atoms with Crippen LogP contribution in [0.3, 0.4) is 0 Å². The standard InChI is InChI=1S/C9H9F3N2O3/c1-16-8-6(4-15)14-3-5(2-13)7(8)17-9(10,11)12/h3-4H,2,13H2,1H3. The quantitative estimate of drug-likeness (QED) is 0.814. The minimum absolute atomic E-state index is 0.00947. The van der Waals surface area contributed by atoms with E-state index < -0.39 is 12.1 Å². The maximum atomic E-state index is 12.2. The molecule has 0 aliphatic carbocycles. The van der Waals surface area contributed by atoms with E-state index in [1.54, 1.807) is 0 Å². The van der Waals surface area contributed by atoms with Crippen molar-refractivity contribution in [2.75, 3.05) is 7.11 Å². The van der Waals surface area contributed by atoms with E-state index in [2.05, 4.69) is 14.5 Å². The fraction of sp³-hybridized carbons (Fsp3) is 0.333. The first kappa shape index (κ1) is 13.2. The fourth-order valence-electron chi connectivity index (χ4n) is 1.18. The van der Waals surface area contributed by atoms with Gasteiger partial charge in [0, 0.05) is 18.3 Å². The van der Waals surface area contributed by atoms with Crippen molar-refractivity contribution in [3.63, 3.8) is 0 Å². The zero-order valence-electron chi connectivity index (χ0n) is 8.75. The van der Waals surface area contributed by atoms with Crippen molar-refractivity contribution in [1.82, 2.24) is 4.98 Å². The Balaban J connectivity index is 3.34. The number of carbonyl (C=O) groups is 1. The molecule has 17 heavy (non-hydrogen) atoms. The molecule has 0 radical (unpaired) electrons. The number of carbonyl (C=O) groups excluding carboxylic acids is 1. The molecule has 0 aliphatic rings. The molecule has 1 aromatic rings. The Morgan fingerprint density at radius 1 is 1.47 bits per heavy atom. The molecule has 8 heteroatoms. The van der Waals surface area contributed by atoms with Crippen LogP contribution in [0.2, 0.25) is 0 Å². The van der Waals surface area contributed by atoms with Crippen molar-refractivity contribution in [2.45, 2.75) is 12.9 Å². The molecule has 5 nitrogen and oxygen atoms in total. The Hall–Kier alpha value is -1.83. The van der Waals surface area contributed by atoms with Gasteiger partial charge in [-0.05, 0) is 0 Å². The van der Waals surface area contributed by atoms with Gasteiger partial charge >= 0.3 is 6.36 Å². The maximum Gasteiger partial charge on any atom is 0.573 e. The van der Waals surface area contributed by atoms with Gasteiger partial charge in [-0.1, -0.05) is 0 Å². The van der Waals surface area contributed by atoms with Crippen molar-refractivity contribution in [3.8, 4) is 11.5 Å². The second-order valence-electron chi connectivity index (χ2n) is 2.90. The smallest absolute Gasteiger partial charge is 0.491 e. The predicted octanol–water partition coefficient (Wildman–Crippen LogP) is 1.26. The molecule has 1 rings (SSSR count). The summed E-state index contributed by atoms with van der Waals surface area (Å²) in [5.41, 5.74) is 4.96. The molecule has 0 atom stereocenters. The highest BCUT2D eigenvalue weighted by molar-refractivity contribution is 5.78. The molecule has 0 unspecified atom stereocenters. The van der Waals surface area contributed by atoms with E-state index >= 15 is 0 Å². The molecule has 1 heterocycles. The highest BCUT2D eigenvalue weighted by Gasteiger charge is 2.34. The number of nitrogens with two attached hydrogens (primary N) is 1. The van der Waals surface area contributed by atoms with E-state index in [4.69, 9.17) is 5.73 Å². The van der Waals surface area contributed by atoms with E-state index in [1.165, 1.54) is 0 Å². The number of aldehydes is 1. The number of aromatic nitrogens is 1. The van der Waals surface area contributed by atoms with E-state index in [0.717, 1.165) is 13.3 Å². The van der Waals surface area contributed by atoms with Gasteiger partial charge in [-0.3, -0.25) is 4.79 Å². The van der Waals surface area contributed by atoms with Crippen molar-refractivity contribution >= 4 is 6.29 Å². The van der Waals surface area contributed by atoms with Crippen LogP contribution in [0.4, 0.5) is 13.2 Å². The Labute approximate surface area is 94.3 Å². The predicted molar refractivity (Wildman–Crippen MR) is 50.8 cm³/mol. The van der Waals surface area contributed by atoms with Gasteiger partial charge in [-0.25, -0.2) is 4.98 Å². The maximum absolute atomic E-state index is 12.2. The van der Waals surface area contributed by atoms with Gasteiger partial charge in [-0.2, -0.15) is 0 Å². The monoisotopic (exact) mass is 250 g/mol. The number of rotatable bonds is 4. The van der Waals surface area contributed by atoms with Crippen molar-refractivity contribution in [3.05, 3.63) is 17.5 Å². The first-order chi connectivity index (χ1) is 7.92. The lowest BCUT2D eigenvalue weighted by Gasteiger charge is -2.16. The molecule has 0 aliphatic heterocycles. The van der Waals surface area contributed by atoms with Gasteiger partial charge in [0.1, 0.15) is 5.69 Å². The number of pyridine rings is 1. The van der Waals surface area contributed by atoms with E-state index in [-0.39, 0.29) is 29.8 Å². The Kier molecular flexibility index (Phi) is 3.89. The molecule has 0 saturated carbocycles. The average Bonchev–Trinajstić information content (AvgIpc) is 2.26. The van der Waals surface area contributed by atoms with Crippen LogP contribution < -0.4 is 15.2 Å². The second-order valence-corrected chi connectivity index (χ2v) is 2.90. The third-order valence-corrected chi connectivity index (χ3v) is 1.84. The highest BCUT2D eigenvalue weighted by Crippen LogP contribution is 2.36.